The van der Waals surface area contributed by atoms with E-state index in [4.69, 9.17) is 0 Å². The summed E-state index contributed by atoms with van der Waals surface area (Å²) in [5.74, 6) is -0.999. The number of benzene rings is 2. The molecule has 2 heterocycles. The Kier molecular flexibility index (Phi) is 4.97. The fourth-order valence-corrected chi connectivity index (χ4v) is 3.24. The molecule has 0 unspecified atom stereocenters. The molecule has 0 aliphatic carbocycles. The van der Waals surface area contributed by atoms with Crippen LogP contribution in [0.25, 0.3) is 16.7 Å². The lowest BCUT2D eigenvalue weighted by atomic mass is 10.2. The van der Waals surface area contributed by atoms with Crippen LogP contribution in [0.4, 0.5) is 10.1 Å². The summed E-state index contributed by atoms with van der Waals surface area (Å²) in [5.41, 5.74) is 0.379. The van der Waals surface area contributed by atoms with Crippen molar-refractivity contribution in [2.45, 2.75) is 13.5 Å². The number of pyridine rings is 1. The second-order valence-electron chi connectivity index (χ2n) is 6.73. The van der Waals surface area contributed by atoms with E-state index in [1.165, 1.54) is 29.0 Å². The third-order valence-electron chi connectivity index (χ3n) is 4.67. The summed E-state index contributed by atoms with van der Waals surface area (Å²) in [6.45, 7) is 1.15. The van der Waals surface area contributed by atoms with E-state index in [2.05, 4.69) is 10.3 Å². The molecule has 1 amide bonds. The summed E-state index contributed by atoms with van der Waals surface area (Å²) in [7, 11) is 0. The molecule has 150 valence electrons. The second kappa shape index (κ2) is 7.75. The maximum absolute atomic E-state index is 13.3. The van der Waals surface area contributed by atoms with E-state index in [0.717, 1.165) is 4.57 Å². The second-order valence-corrected chi connectivity index (χ2v) is 6.73. The molecule has 4 aromatic rings. The summed E-state index contributed by atoms with van der Waals surface area (Å²) in [4.78, 5) is 42.9. The summed E-state index contributed by atoms with van der Waals surface area (Å²) in [5, 5.41) is 2.83. The monoisotopic (exact) mass is 404 g/mol. The Morgan fingerprint density at radius 2 is 1.83 bits per heavy atom. The smallest absolute Gasteiger partial charge is 0.324 e. The predicted molar refractivity (Wildman–Crippen MR) is 111 cm³/mol. The predicted octanol–water partition coefficient (Wildman–Crippen LogP) is 2.63. The highest BCUT2D eigenvalue weighted by Crippen LogP contribution is 2.16. The van der Waals surface area contributed by atoms with Crippen LogP contribution < -0.4 is 16.6 Å². The number of carbonyl (C=O) groups excluding carboxylic acids is 1. The van der Waals surface area contributed by atoms with E-state index in [-0.39, 0.29) is 11.0 Å². The lowest BCUT2D eigenvalue weighted by Crippen LogP contribution is -2.42. The topological polar surface area (TPSA) is 86.0 Å². The van der Waals surface area contributed by atoms with Gasteiger partial charge in [0, 0.05) is 11.9 Å². The van der Waals surface area contributed by atoms with Gasteiger partial charge in [-0.1, -0.05) is 18.2 Å². The molecule has 0 aliphatic rings. The van der Waals surface area contributed by atoms with Gasteiger partial charge in [-0.25, -0.2) is 23.3 Å². The van der Waals surface area contributed by atoms with Crippen molar-refractivity contribution >= 4 is 22.6 Å². The van der Waals surface area contributed by atoms with E-state index < -0.39 is 29.5 Å². The number of hydrogen-bond acceptors (Lipinski definition) is 4. The molecule has 2 aromatic carbocycles. The molecule has 2 aromatic heterocycles. The Morgan fingerprint density at radius 3 is 2.57 bits per heavy atom. The highest BCUT2D eigenvalue weighted by molar-refractivity contribution is 5.91. The molecule has 0 fully saturated rings. The molecule has 7 nitrogen and oxygen atoms in total. The summed E-state index contributed by atoms with van der Waals surface area (Å²) < 4.78 is 15.4. The van der Waals surface area contributed by atoms with Crippen LogP contribution >= 0.6 is 0 Å². The number of para-hydroxylation sites is 1. The van der Waals surface area contributed by atoms with Gasteiger partial charge in [-0.3, -0.25) is 9.59 Å². The number of rotatable bonds is 4. The molecular formula is C22H17FN4O3. The lowest BCUT2D eigenvalue weighted by molar-refractivity contribution is -0.116. The van der Waals surface area contributed by atoms with Gasteiger partial charge >= 0.3 is 5.69 Å². The van der Waals surface area contributed by atoms with Crippen molar-refractivity contribution in [2.75, 3.05) is 5.32 Å². The maximum Gasteiger partial charge on any atom is 0.337 e. The SMILES string of the molecule is Cc1cc(F)ccc1NC(=O)Cn1c(=O)c2cccnc2n(-c2ccccc2)c1=O. The van der Waals surface area contributed by atoms with Gasteiger partial charge in [-0.05, 0) is 55.0 Å². The van der Waals surface area contributed by atoms with Gasteiger partial charge in [0.1, 0.15) is 12.4 Å². The zero-order valence-corrected chi connectivity index (χ0v) is 16.0. The minimum atomic E-state index is -0.677. The summed E-state index contributed by atoms with van der Waals surface area (Å²) >= 11 is 0. The molecule has 0 saturated heterocycles. The normalized spacial score (nSPS) is 10.9. The van der Waals surface area contributed by atoms with Crippen molar-refractivity contribution in [2.24, 2.45) is 0 Å². The molecule has 0 saturated carbocycles. The molecule has 0 radical (unpaired) electrons. The molecule has 0 spiro atoms. The van der Waals surface area contributed by atoms with Crippen LogP contribution in [-0.4, -0.2) is 20.0 Å². The number of aromatic nitrogens is 3. The van der Waals surface area contributed by atoms with Crippen LogP contribution in [-0.2, 0) is 11.3 Å². The van der Waals surface area contributed by atoms with Gasteiger partial charge in [0.2, 0.25) is 5.91 Å². The number of aryl methyl sites for hydroxylation is 1. The number of nitrogens with zero attached hydrogens (tertiary/aromatic N) is 3. The first-order valence-corrected chi connectivity index (χ1v) is 9.18. The molecule has 0 bridgehead atoms. The average Bonchev–Trinajstić information content (AvgIpc) is 2.74. The van der Waals surface area contributed by atoms with Crippen LogP contribution in [0, 0.1) is 12.7 Å². The van der Waals surface area contributed by atoms with Gasteiger partial charge < -0.3 is 5.32 Å². The molecule has 0 atom stereocenters. The maximum atomic E-state index is 13.3. The Morgan fingerprint density at radius 1 is 1.07 bits per heavy atom. The fourth-order valence-electron chi connectivity index (χ4n) is 3.24. The molecule has 8 heteroatoms. The van der Waals surface area contributed by atoms with Crippen molar-refractivity contribution in [1.29, 1.82) is 0 Å². The Hall–Kier alpha value is -4.07. The number of hydrogen-bond donors (Lipinski definition) is 1. The Balaban J connectivity index is 1.80. The highest BCUT2D eigenvalue weighted by Gasteiger charge is 2.17. The van der Waals surface area contributed by atoms with E-state index >= 15 is 0 Å². The van der Waals surface area contributed by atoms with Gasteiger partial charge in [0.25, 0.3) is 5.56 Å². The third kappa shape index (κ3) is 3.50. The first-order valence-electron chi connectivity index (χ1n) is 9.18. The molecule has 30 heavy (non-hydrogen) atoms. The van der Waals surface area contributed by atoms with Crippen LogP contribution in [0.5, 0.6) is 0 Å². The Bertz CT molecular complexity index is 1380. The molecule has 4 rings (SSSR count). The first kappa shape index (κ1) is 19.3. The van der Waals surface area contributed by atoms with Crippen molar-refractivity contribution in [3.8, 4) is 5.69 Å². The van der Waals surface area contributed by atoms with Gasteiger partial charge in [-0.2, -0.15) is 0 Å². The number of carbonyl (C=O) groups is 1. The number of fused-ring (bicyclic) bond motifs is 1. The zero-order valence-electron chi connectivity index (χ0n) is 16.0. The minimum absolute atomic E-state index is 0.213. The van der Waals surface area contributed by atoms with Crippen LogP contribution in [0.15, 0.2) is 76.4 Å². The van der Waals surface area contributed by atoms with Crippen LogP contribution in [0.2, 0.25) is 0 Å². The number of amides is 1. The minimum Gasteiger partial charge on any atom is -0.324 e. The van der Waals surface area contributed by atoms with E-state index in [1.54, 1.807) is 49.4 Å². The lowest BCUT2D eigenvalue weighted by Gasteiger charge is -2.14. The Labute approximate surface area is 170 Å². The van der Waals surface area contributed by atoms with Crippen molar-refractivity contribution in [1.82, 2.24) is 14.1 Å². The fraction of sp³-hybridized carbons (Fsp3) is 0.0909. The highest BCUT2D eigenvalue weighted by atomic mass is 19.1. The van der Waals surface area contributed by atoms with Gasteiger partial charge in [-0.15, -0.1) is 0 Å². The third-order valence-corrected chi connectivity index (χ3v) is 4.67. The van der Waals surface area contributed by atoms with Crippen molar-refractivity contribution in [3.05, 3.63) is 99.1 Å². The molecule has 1 N–H and O–H groups in total. The summed E-state index contributed by atoms with van der Waals surface area (Å²) in [6, 6.07) is 15.8. The van der Waals surface area contributed by atoms with Crippen LogP contribution in [0.1, 0.15) is 5.56 Å². The van der Waals surface area contributed by atoms with Gasteiger partial charge in [0.05, 0.1) is 11.1 Å². The van der Waals surface area contributed by atoms with Gasteiger partial charge in [0.15, 0.2) is 5.65 Å². The first-order chi connectivity index (χ1) is 14.5. The number of anilines is 1. The number of halogens is 1. The van der Waals surface area contributed by atoms with E-state index in [0.29, 0.717) is 16.9 Å². The summed E-state index contributed by atoms with van der Waals surface area (Å²) in [6.07, 6.45) is 1.50. The molecule has 0 aliphatic heterocycles. The van der Waals surface area contributed by atoms with E-state index in [1.807, 2.05) is 0 Å². The molecular weight excluding hydrogens is 387 g/mol. The van der Waals surface area contributed by atoms with Crippen LogP contribution in [0.3, 0.4) is 0 Å². The number of nitrogens with one attached hydrogen (secondary N) is 1. The largest absolute Gasteiger partial charge is 0.337 e. The standard InChI is InChI=1S/C22H17FN4O3/c1-14-12-15(23)9-10-18(14)25-19(28)13-26-21(29)17-8-5-11-24-20(17)27(22(26)30)16-6-3-2-4-7-16/h2-12H,13H2,1H3,(H,25,28). The van der Waals surface area contributed by atoms with E-state index in [9.17, 15) is 18.8 Å². The quantitative estimate of drug-likeness (QED) is 0.567. The van der Waals surface area contributed by atoms with Crippen molar-refractivity contribution in [3.63, 3.8) is 0 Å². The zero-order chi connectivity index (χ0) is 21.3. The van der Waals surface area contributed by atoms with Crippen molar-refractivity contribution < 1.29 is 9.18 Å². The average molecular weight is 404 g/mol.